The van der Waals surface area contributed by atoms with Crippen molar-refractivity contribution in [2.45, 2.75) is 55.8 Å². The summed E-state index contributed by atoms with van der Waals surface area (Å²) >= 11 is 2.28. The van der Waals surface area contributed by atoms with Crippen molar-refractivity contribution in [3.8, 4) is 0 Å². The summed E-state index contributed by atoms with van der Waals surface area (Å²) in [5.74, 6) is -2.09. The second kappa shape index (κ2) is 10.7. The summed E-state index contributed by atoms with van der Waals surface area (Å²) in [7, 11) is 0. The molecule has 0 saturated carbocycles. The Labute approximate surface area is 252 Å². The molecular weight excluding hydrogens is 567 g/mol. The van der Waals surface area contributed by atoms with E-state index in [0.717, 1.165) is 28.0 Å². The molecule has 42 heavy (non-hydrogen) atoms. The summed E-state index contributed by atoms with van der Waals surface area (Å²) in [6.07, 6.45) is 0. The highest BCUT2D eigenvalue weighted by molar-refractivity contribution is 8.00. The third-order valence-corrected chi connectivity index (χ3v) is 10.4. The minimum atomic E-state index is -0.724. The molecule has 3 unspecified atom stereocenters. The quantitative estimate of drug-likeness (QED) is 0.287. The van der Waals surface area contributed by atoms with Gasteiger partial charge in [0.15, 0.2) is 0 Å². The number of hydrogen-bond acceptors (Lipinski definition) is 6. The van der Waals surface area contributed by atoms with E-state index in [2.05, 4.69) is 38.2 Å². The van der Waals surface area contributed by atoms with Gasteiger partial charge in [0.1, 0.15) is 11.8 Å². The number of para-hydroxylation sites is 1. The first kappa shape index (κ1) is 28.2. The van der Waals surface area contributed by atoms with Gasteiger partial charge >= 0.3 is 4.87 Å². The number of aromatic nitrogens is 1. The lowest BCUT2D eigenvalue weighted by atomic mass is 9.81. The van der Waals surface area contributed by atoms with E-state index >= 15 is 0 Å². The zero-order chi connectivity index (χ0) is 29.8. The van der Waals surface area contributed by atoms with Gasteiger partial charge in [0.25, 0.3) is 0 Å². The van der Waals surface area contributed by atoms with Crippen LogP contribution in [0.25, 0.3) is 0 Å². The molecule has 6 rings (SSSR count). The number of carbonyl (C=O) groups excluding carboxylic acids is 3. The highest BCUT2D eigenvalue weighted by Crippen LogP contribution is 2.54. The summed E-state index contributed by atoms with van der Waals surface area (Å²) in [6, 6.07) is 24.5. The second-order valence-electron chi connectivity index (χ2n) is 11.8. The number of imide groups is 1. The summed E-state index contributed by atoms with van der Waals surface area (Å²) in [6.45, 7) is 8.16. The lowest BCUT2D eigenvalue weighted by Gasteiger charge is -2.31. The molecule has 2 aliphatic rings. The molecule has 214 valence electrons. The van der Waals surface area contributed by atoms with E-state index in [0.29, 0.717) is 21.3 Å². The topological polar surface area (TPSA) is 88.5 Å². The summed E-state index contributed by atoms with van der Waals surface area (Å²) in [5.41, 5.74) is 4.14. The summed E-state index contributed by atoms with van der Waals surface area (Å²) in [4.78, 5) is 56.1. The normalized spacial score (nSPS) is 19.9. The molecule has 1 N–H and O–H groups in total. The molecule has 1 aromatic heterocycles. The first-order chi connectivity index (χ1) is 20.0. The van der Waals surface area contributed by atoms with Gasteiger partial charge < -0.3 is 5.32 Å². The largest absolute Gasteiger partial charge is 0.325 e. The number of nitrogens with one attached hydrogen (secondary N) is 1. The zero-order valence-corrected chi connectivity index (χ0v) is 25.4. The van der Waals surface area contributed by atoms with Gasteiger partial charge in [0, 0.05) is 16.5 Å². The lowest BCUT2D eigenvalue weighted by Crippen LogP contribution is -2.33. The molecule has 0 spiro atoms. The van der Waals surface area contributed by atoms with E-state index in [1.165, 1.54) is 21.2 Å². The Morgan fingerprint density at radius 3 is 2.29 bits per heavy atom. The monoisotopic (exact) mass is 597 g/mol. The number of aryl methyl sites for hydroxylation is 1. The number of anilines is 2. The van der Waals surface area contributed by atoms with Crippen molar-refractivity contribution >= 4 is 52.2 Å². The van der Waals surface area contributed by atoms with Gasteiger partial charge in [-0.15, -0.1) is 0 Å². The molecule has 3 heterocycles. The molecule has 3 aromatic carbocycles. The zero-order valence-electron chi connectivity index (χ0n) is 23.8. The highest BCUT2D eigenvalue weighted by atomic mass is 32.2. The Kier molecular flexibility index (Phi) is 7.19. The summed E-state index contributed by atoms with van der Waals surface area (Å²) in [5, 5.41) is 2.73. The number of thiazole rings is 1. The van der Waals surface area contributed by atoms with E-state index in [1.807, 2.05) is 43.3 Å². The van der Waals surface area contributed by atoms with E-state index in [9.17, 15) is 19.2 Å². The first-order valence-corrected chi connectivity index (χ1v) is 15.5. The first-order valence-electron chi connectivity index (χ1n) is 13.8. The second-order valence-corrected chi connectivity index (χ2v) is 13.9. The van der Waals surface area contributed by atoms with Crippen LogP contribution < -0.4 is 15.1 Å². The highest BCUT2D eigenvalue weighted by Gasteiger charge is 2.56. The number of hydrogen-bond donors (Lipinski definition) is 1. The fourth-order valence-corrected chi connectivity index (χ4v) is 8.48. The van der Waals surface area contributed by atoms with Gasteiger partial charge in [-0.1, -0.05) is 98.5 Å². The standard InChI is InChI=1S/C33H31N3O4S2/c1-19-9-8-10-22(17-19)34-24(37)18-35-31-28(42-32(35)40)25(20-13-15-21(16-14-20)33(2,3)4)26-27(41-31)30(39)36(29(26)38)23-11-6-5-7-12-23/h5-17,25-27H,18H2,1-4H3,(H,34,37). The van der Waals surface area contributed by atoms with E-state index in [1.54, 1.807) is 30.3 Å². The van der Waals surface area contributed by atoms with Crippen molar-refractivity contribution in [1.82, 2.24) is 4.57 Å². The SMILES string of the molecule is Cc1cccc(NC(=O)Cn2c3c(sc2=O)C(c2ccc(C(C)(C)C)cc2)C2C(=O)N(c4ccccc4)C(=O)C2S3)c1. The van der Waals surface area contributed by atoms with Gasteiger partial charge in [0.2, 0.25) is 17.7 Å². The maximum Gasteiger partial charge on any atom is 0.308 e. The van der Waals surface area contributed by atoms with Gasteiger partial charge in [-0.3, -0.25) is 23.7 Å². The number of amides is 3. The van der Waals surface area contributed by atoms with Crippen LogP contribution in [0.4, 0.5) is 11.4 Å². The van der Waals surface area contributed by atoms with Gasteiger partial charge in [-0.25, -0.2) is 4.90 Å². The van der Waals surface area contributed by atoms with Crippen molar-refractivity contribution in [3.63, 3.8) is 0 Å². The average Bonchev–Trinajstić information content (AvgIpc) is 3.39. The molecule has 1 saturated heterocycles. The molecule has 0 aliphatic carbocycles. The molecule has 0 radical (unpaired) electrons. The molecule has 4 aromatic rings. The minimum absolute atomic E-state index is 0.0588. The van der Waals surface area contributed by atoms with E-state index < -0.39 is 17.1 Å². The number of benzene rings is 3. The molecule has 3 atom stereocenters. The Morgan fingerprint density at radius 1 is 0.905 bits per heavy atom. The Morgan fingerprint density at radius 2 is 1.62 bits per heavy atom. The van der Waals surface area contributed by atoms with E-state index in [-0.39, 0.29) is 34.6 Å². The third kappa shape index (κ3) is 5.01. The number of fused-ring (bicyclic) bond motifs is 2. The molecular formula is C33H31N3O4S2. The van der Waals surface area contributed by atoms with Crippen molar-refractivity contribution in [2.24, 2.45) is 5.92 Å². The number of carbonyl (C=O) groups is 3. The molecule has 2 aliphatic heterocycles. The van der Waals surface area contributed by atoms with E-state index in [4.69, 9.17) is 0 Å². The molecule has 1 fully saturated rings. The van der Waals surface area contributed by atoms with Gasteiger partial charge in [0.05, 0.1) is 16.6 Å². The maximum absolute atomic E-state index is 14.0. The summed E-state index contributed by atoms with van der Waals surface area (Å²) < 4.78 is 1.45. The van der Waals surface area contributed by atoms with Crippen molar-refractivity contribution in [1.29, 1.82) is 0 Å². The Hall–Kier alpha value is -3.95. The number of rotatable bonds is 5. The third-order valence-electron chi connectivity index (χ3n) is 7.80. The molecule has 9 heteroatoms. The Balaban J connectivity index is 1.42. The van der Waals surface area contributed by atoms with Crippen LogP contribution in [0.15, 0.2) is 88.7 Å². The van der Waals surface area contributed by atoms with Crippen molar-refractivity contribution < 1.29 is 14.4 Å². The van der Waals surface area contributed by atoms with Crippen molar-refractivity contribution in [2.75, 3.05) is 10.2 Å². The van der Waals surface area contributed by atoms with Crippen LogP contribution in [0.3, 0.4) is 0 Å². The predicted octanol–water partition coefficient (Wildman–Crippen LogP) is 5.95. The van der Waals surface area contributed by atoms with Gasteiger partial charge in [-0.05, 0) is 53.3 Å². The fraction of sp³-hybridized carbons (Fsp3) is 0.273. The van der Waals surface area contributed by atoms with Crippen LogP contribution in [-0.4, -0.2) is 27.5 Å². The van der Waals surface area contributed by atoms with Crippen LogP contribution in [0.2, 0.25) is 0 Å². The number of nitrogens with zero attached hydrogens (tertiary/aromatic N) is 2. The van der Waals surface area contributed by atoms with Crippen LogP contribution in [0.5, 0.6) is 0 Å². The van der Waals surface area contributed by atoms with Crippen LogP contribution in [-0.2, 0) is 26.3 Å². The Bertz CT molecular complexity index is 1750. The fourth-order valence-electron chi connectivity index (χ4n) is 5.70. The number of thioether (sulfide) groups is 1. The molecule has 7 nitrogen and oxygen atoms in total. The average molecular weight is 598 g/mol. The molecule has 0 bridgehead atoms. The predicted molar refractivity (Wildman–Crippen MR) is 167 cm³/mol. The smallest absolute Gasteiger partial charge is 0.308 e. The molecule has 3 amide bonds. The minimum Gasteiger partial charge on any atom is -0.325 e. The van der Waals surface area contributed by atoms with Crippen LogP contribution in [0.1, 0.15) is 48.3 Å². The van der Waals surface area contributed by atoms with Crippen LogP contribution >= 0.6 is 23.1 Å². The van der Waals surface area contributed by atoms with Crippen LogP contribution in [0, 0.1) is 12.8 Å². The van der Waals surface area contributed by atoms with Crippen molar-refractivity contribution in [3.05, 3.63) is 110 Å². The van der Waals surface area contributed by atoms with Gasteiger partial charge in [-0.2, -0.15) is 0 Å². The maximum atomic E-state index is 14.0. The lowest BCUT2D eigenvalue weighted by molar-refractivity contribution is -0.122.